The molecule has 0 radical (unpaired) electrons. The monoisotopic (exact) mass is 451 g/mol. The summed E-state index contributed by atoms with van der Waals surface area (Å²) in [6, 6.07) is 14.6. The Labute approximate surface area is 195 Å². The number of nitrogens with one attached hydrogen (secondary N) is 1. The number of carbonyl (C=O) groups is 1. The van der Waals surface area contributed by atoms with Crippen molar-refractivity contribution in [3.05, 3.63) is 64.2 Å². The number of anilines is 1. The molecular weight excluding hydrogens is 418 g/mol. The molecule has 1 aliphatic carbocycles. The molecule has 1 heterocycles. The Morgan fingerprint density at radius 3 is 2.42 bits per heavy atom. The van der Waals surface area contributed by atoms with E-state index in [1.165, 1.54) is 31.4 Å². The number of benzene rings is 2. The van der Waals surface area contributed by atoms with Crippen LogP contribution in [0.4, 0.5) is 11.4 Å². The Bertz CT molecular complexity index is 953. The number of piperidine rings is 1. The third-order valence-corrected chi connectivity index (χ3v) is 7.22. The molecule has 0 unspecified atom stereocenters. The van der Waals surface area contributed by atoms with E-state index in [1.54, 1.807) is 12.1 Å². The van der Waals surface area contributed by atoms with Crippen molar-refractivity contribution in [2.75, 3.05) is 25.0 Å². The van der Waals surface area contributed by atoms with Gasteiger partial charge in [0.25, 0.3) is 5.69 Å². The first-order valence-corrected chi connectivity index (χ1v) is 12.0. The van der Waals surface area contributed by atoms with Crippen LogP contribution >= 0.6 is 0 Å². The van der Waals surface area contributed by atoms with Gasteiger partial charge in [-0.3, -0.25) is 19.8 Å². The van der Waals surface area contributed by atoms with Gasteiger partial charge < -0.3 is 10.1 Å². The van der Waals surface area contributed by atoms with Crippen molar-refractivity contribution < 1.29 is 14.5 Å². The summed E-state index contributed by atoms with van der Waals surface area (Å²) >= 11 is 0. The number of hydrogen-bond acceptors (Lipinski definition) is 5. The van der Waals surface area contributed by atoms with Gasteiger partial charge in [0.1, 0.15) is 12.4 Å². The van der Waals surface area contributed by atoms with E-state index in [2.05, 4.69) is 17.1 Å². The molecule has 0 bridgehead atoms. The number of amides is 1. The van der Waals surface area contributed by atoms with Gasteiger partial charge >= 0.3 is 0 Å². The Morgan fingerprint density at radius 2 is 1.79 bits per heavy atom. The second-order valence-corrected chi connectivity index (χ2v) is 9.30. The van der Waals surface area contributed by atoms with Crippen molar-refractivity contribution in [3.8, 4) is 5.75 Å². The maximum absolute atomic E-state index is 13.3. The van der Waals surface area contributed by atoms with E-state index in [9.17, 15) is 14.9 Å². The Hall–Kier alpha value is -2.93. The van der Waals surface area contributed by atoms with Gasteiger partial charge in [-0.2, -0.15) is 0 Å². The fourth-order valence-electron chi connectivity index (χ4n) is 5.18. The van der Waals surface area contributed by atoms with Crippen LogP contribution in [0.5, 0.6) is 5.75 Å². The van der Waals surface area contributed by atoms with E-state index in [0.717, 1.165) is 55.8 Å². The normalized spacial score (nSPS) is 20.3. The highest BCUT2D eigenvalue weighted by atomic mass is 16.6. The fraction of sp³-hybridized carbons (Fsp3) is 0.500. The van der Waals surface area contributed by atoms with Crippen LogP contribution in [0.1, 0.15) is 57.4 Å². The van der Waals surface area contributed by atoms with Crippen LogP contribution < -0.4 is 10.1 Å². The lowest BCUT2D eigenvalue weighted by Crippen LogP contribution is -2.39. The molecule has 4 rings (SSSR count). The third kappa shape index (κ3) is 5.36. The third-order valence-electron chi connectivity index (χ3n) is 7.22. The largest absolute Gasteiger partial charge is 0.492 e. The standard InChI is InChI=1S/C26H33N3O4/c1-20-6-2-5-17-28(20)18-19-33-24-13-9-22(10-14-24)27-25(30)26(15-3-4-16-26)21-7-11-23(12-8-21)29(31)32/h7-14,20H,2-6,15-19H2,1H3,(H,27,30)/t20-/m0/s1. The molecule has 7 heteroatoms. The topological polar surface area (TPSA) is 84.7 Å². The fourth-order valence-corrected chi connectivity index (χ4v) is 5.18. The lowest BCUT2D eigenvalue weighted by molar-refractivity contribution is -0.384. The van der Waals surface area contributed by atoms with Crippen LogP contribution in [-0.2, 0) is 10.2 Å². The first-order valence-electron chi connectivity index (χ1n) is 12.0. The molecular formula is C26H33N3O4. The number of nitro groups is 1. The number of nitrogens with zero attached hydrogens (tertiary/aromatic N) is 2. The number of rotatable bonds is 8. The molecule has 33 heavy (non-hydrogen) atoms. The molecule has 1 saturated carbocycles. The molecule has 0 aromatic heterocycles. The molecule has 2 fully saturated rings. The van der Waals surface area contributed by atoms with Gasteiger partial charge in [0.15, 0.2) is 0 Å². The molecule has 1 saturated heterocycles. The van der Waals surface area contributed by atoms with Crippen LogP contribution in [0, 0.1) is 10.1 Å². The molecule has 0 spiro atoms. The van der Waals surface area contributed by atoms with Gasteiger partial charge in [-0.25, -0.2) is 0 Å². The minimum absolute atomic E-state index is 0.0395. The molecule has 1 amide bonds. The average Bonchev–Trinajstić information content (AvgIpc) is 3.33. The van der Waals surface area contributed by atoms with Gasteiger partial charge in [0.2, 0.25) is 5.91 Å². The quantitative estimate of drug-likeness (QED) is 0.435. The Morgan fingerprint density at radius 1 is 1.09 bits per heavy atom. The molecule has 1 atom stereocenters. The minimum Gasteiger partial charge on any atom is -0.492 e. The maximum Gasteiger partial charge on any atom is 0.269 e. The number of non-ortho nitro benzene ring substituents is 1. The van der Waals surface area contributed by atoms with E-state index in [-0.39, 0.29) is 11.6 Å². The molecule has 2 aliphatic rings. The number of ether oxygens (including phenoxy) is 1. The molecule has 2 aromatic rings. The zero-order valence-electron chi connectivity index (χ0n) is 19.3. The lowest BCUT2D eigenvalue weighted by atomic mass is 9.78. The SMILES string of the molecule is C[C@H]1CCCCN1CCOc1ccc(NC(=O)C2(c3ccc([N+](=O)[O-])cc3)CCCC2)cc1. The predicted molar refractivity (Wildman–Crippen MR) is 129 cm³/mol. The number of likely N-dealkylation sites (tertiary alicyclic amines) is 1. The zero-order valence-corrected chi connectivity index (χ0v) is 19.3. The van der Waals surface area contributed by atoms with Crippen LogP contribution in [0.3, 0.4) is 0 Å². The van der Waals surface area contributed by atoms with Crippen molar-refractivity contribution in [1.29, 1.82) is 0 Å². The van der Waals surface area contributed by atoms with Gasteiger partial charge in [-0.05, 0) is 69.0 Å². The van der Waals surface area contributed by atoms with Gasteiger partial charge in [0, 0.05) is 30.4 Å². The van der Waals surface area contributed by atoms with Crippen molar-refractivity contribution in [2.24, 2.45) is 0 Å². The molecule has 1 aliphatic heterocycles. The van der Waals surface area contributed by atoms with Crippen molar-refractivity contribution in [1.82, 2.24) is 4.90 Å². The van der Waals surface area contributed by atoms with E-state index >= 15 is 0 Å². The second-order valence-electron chi connectivity index (χ2n) is 9.30. The van der Waals surface area contributed by atoms with E-state index in [1.807, 2.05) is 24.3 Å². The molecule has 7 nitrogen and oxygen atoms in total. The average molecular weight is 452 g/mol. The Balaban J connectivity index is 1.36. The first-order chi connectivity index (χ1) is 16.0. The Kier molecular flexibility index (Phi) is 7.28. The first kappa shape index (κ1) is 23.2. The van der Waals surface area contributed by atoms with Crippen LogP contribution in [0.2, 0.25) is 0 Å². The van der Waals surface area contributed by atoms with Crippen molar-refractivity contribution in [2.45, 2.75) is 63.3 Å². The summed E-state index contributed by atoms with van der Waals surface area (Å²) in [5, 5.41) is 14.1. The van der Waals surface area contributed by atoms with Gasteiger partial charge in [0.05, 0.1) is 10.3 Å². The van der Waals surface area contributed by atoms with Crippen molar-refractivity contribution in [3.63, 3.8) is 0 Å². The van der Waals surface area contributed by atoms with Gasteiger partial charge in [-0.1, -0.05) is 31.4 Å². The highest BCUT2D eigenvalue weighted by molar-refractivity contribution is 5.99. The summed E-state index contributed by atoms with van der Waals surface area (Å²) in [4.78, 5) is 26.4. The molecule has 1 N–H and O–H groups in total. The summed E-state index contributed by atoms with van der Waals surface area (Å²) < 4.78 is 5.93. The number of hydrogen-bond donors (Lipinski definition) is 1. The molecule has 176 valence electrons. The number of nitro benzene ring substituents is 1. The van der Waals surface area contributed by atoms with Gasteiger partial charge in [-0.15, -0.1) is 0 Å². The van der Waals surface area contributed by atoms with E-state index in [4.69, 9.17) is 4.74 Å². The van der Waals surface area contributed by atoms with Crippen LogP contribution in [-0.4, -0.2) is 41.5 Å². The summed E-state index contributed by atoms with van der Waals surface area (Å²) in [6.45, 7) is 5.01. The number of carbonyl (C=O) groups excluding carboxylic acids is 1. The van der Waals surface area contributed by atoms with Crippen LogP contribution in [0.25, 0.3) is 0 Å². The molecule has 2 aromatic carbocycles. The lowest BCUT2D eigenvalue weighted by Gasteiger charge is -2.33. The second kappa shape index (κ2) is 10.3. The van der Waals surface area contributed by atoms with Crippen molar-refractivity contribution >= 4 is 17.3 Å². The zero-order chi connectivity index (χ0) is 23.3. The smallest absolute Gasteiger partial charge is 0.269 e. The highest BCUT2D eigenvalue weighted by Crippen LogP contribution is 2.42. The predicted octanol–water partition coefficient (Wildman–Crippen LogP) is 5.30. The summed E-state index contributed by atoms with van der Waals surface area (Å²) in [5.74, 6) is 0.741. The summed E-state index contributed by atoms with van der Waals surface area (Å²) in [5.41, 5.74) is 0.966. The maximum atomic E-state index is 13.3. The highest BCUT2D eigenvalue weighted by Gasteiger charge is 2.42. The van der Waals surface area contributed by atoms with E-state index in [0.29, 0.717) is 12.6 Å². The minimum atomic E-state index is -0.643. The summed E-state index contributed by atoms with van der Waals surface area (Å²) in [6.07, 6.45) is 7.26. The summed E-state index contributed by atoms with van der Waals surface area (Å²) in [7, 11) is 0. The van der Waals surface area contributed by atoms with Crippen LogP contribution in [0.15, 0.2) is 48.5 Å². The van der Waals surface area contributed by atoms with E-state index < -0.39 is 10.3 Å².